The van der Waals surface area contributed by atoms with Crippen molar-refractivity contribution in [2.45, 2.75) is 20.8 Å². The lowest BCUT2D eigenvalue weighted by Gasteiger charge is -2.10. The maximum atomic E-state index is 5.91. The quantitative estimate of drug-likeness (QED) is 0.857. The van der Waals surface area contributed by atoms with E-state index in [0.29, 0.717) is 11.4 Å². The van der Waals surface area contributed by atoms with Gasteiger partial charge in [0.15, 0.2) is 5.75 Å². The first kappa shape index (κ1) is 11.5. The van der Waals surface area contributed by atoms with Crippen LogP contribution < -0.4 is 10.5 Å². The topological polar surface area (TPSA) is 48.1 Å². The van der Waals surface area contributed by atoms with Crippen LogP contribution in [-0.4, -0.2) is 4.98 Å². The van der Waals surface area contributed by atoms with Crippen LogP contribution in [0.5, 0.6) is 11.5 Å². The number of pyridine rings is 1. The Labute approximate surface area is 101 Å². The molecule has 2 rings (SSSR count). The molecule has 1 aromatic carbocycles. The maximum absolute atomic E-state index is 5.91. The van der Waals surface area contributed by atoms with Crippen LogP contribution in [0.4, 0.5) is 5.69 Å². The number of nitrogens with zero attached hydrogens (tertiary/aromatic N) is 1. The van der Waals surface area contributed by atoms with Crippen LogP contribution in [0, 0.1) is 20.8 Å². The van der Waals surface area contributed by atoms with Crippen molar-refractivity contribution in [2.75, 3.05) is 5.73 Å². The number of aryl methyl sites for hydroxylation is 3. The van der Waals surface area contributed by atoms with E-state index in [2.05, 4.69) is 18.8 Å². The SMILES string of the molecule is Cc1ccc(Oc2ccnc(C)c2N)cc1C. The standard InChI is InChI=1S/C14H16N2O/c1-9-4-5-12(8-10(9)2)17-13-6-7-16-11(3)14(13)15/h4-8H,15H2,1-3H3. The average molecular weight is 228 g/mol. The van der Waals surface area contributed by atoms with E-state index >= 15 is 0 Å². The van der Waals surface area contributed by atoms with Crippen LogP contribution in [0.1, 0.15) is 16.8 Å². The molecule has 0 amide bonds. The second-order valence-electron chi connectivity index (χ2n) is 4.16. The number of rotatable bonds is 2. The molecule has 1 heterocycles. The van der Waals surface area contributed by atoms with Gasteiger partial charge >= 0.3 is 0 Å². The molecule has 0 aliphatic heterocycles. The summed E-state index contributed by atoms with van der Waals surface area (Å²) in [5, 5.41) is 0. The van der Waals surface area contributed by atoms with Gasteiger partial charge in [-0.05, 0) is 44.0 Å². The summed E-state index contributed by atoms with van der Waals surface area (Å²) in [6, 6.07) is 7.76. The summed E-state index contributed by atoms with van der Waals surface area (Å²) in [6.07, 6.45) is 1.70. The minimum absolute atomic E-state index is 0.589. The van der Waals surface area contributed by atoms with E-state index in [1.165, 1.54) is 11.1 Å². The molecule has 1 aromatic heterocycles. The van der Waals surface area contributed by atoms with Gasteiger partial charge in [0.25, 0.3) is 0 Å². The van der Waals surface area contributed by atoms with Crippen LogP contribution in [0.3, 0.4) is 0 Å². The molecule has 0 aliphatic rings. The summed E-state index contributed by atoms with van der Waals surface area (Å²) >= 11 is 0. The fourth-order valence-corrected chi connectivity index (χ4v) is 1.55. The van der Waals surface area contributed by atoms with Crippen LogP contribution in [0.2, 0.25) is 0 Å². The van der Waals surface area contributed by atoms with E-state index in [-0.39, 0.29) is 0 Å². The van der Waals surface area contributed by atoms with E-state index in [9.17, 15) is 0 Å². The second kappa shape index (κ2) is 4.45. The smallest absolute Gasteiger partial charge is 0.153 e. The summed E-state index contributed by atoms with van der Waals surface area (Å²) in [5.41, 5.74) is 9.73. The summed E-state index contributed by atoms with van der Waals surface area (Å²) in [4.78, 5) is 4.11. The van der Waals surface area contributed by atoms with Gasteiger partial charge in [0, 0.05) is 12.3 Å². The van der Waals surface area contributed by atoms with Gasteiger partial charge in [0.05, 0.1) is 11.4 Å². The Balaban J connectivity index is 2.31. The predicted molar refractivity (Wildman–Crippen MR) is 69.4 cm³/mol. The number of benzene rings is 1. The molecule has 0 saturated carbocycles. The summed E-state index contributed by atoms with van der Waals surface area (Å²) in [7, 11) is 0. The van der Waals surface area contributed by atoms with E-state index in [1.54, 1.807) is 12.3 Å². The minimum atomic E-state index is 0.589. The highest BCUT2D eigenvalue weighted by molar-refractivity contribution is 5.56. The van der Waals surface area contributed by atoms with Crippen molar-refractivity contribution >= 4 is 5.69 Å². The Kier molecular flexibility index (Phi) is 3.00. The molecule has 0 fully saturated rings. The normalized spacial score (nSPS) is 10.3. The van der Waals surface area contributed by atoms with Gasteiger partial charge in [-0.1, -0.05) is 6.07 Å². The van der Waals surface area contributed by atoms with Crippen molar-refractivity contribution in [3.63, 3.8) is 0 Å². The summed E-state index contributed by atoms with van der Waals surface area (Å²) in [5.74, 6) is 1.45. The van der Waals surface area contributed by atoms with Gasteiger partial charge in [0.1, 0.15) is 5.75 Å². The monoisotopic (exact) mass is 228 g/mol. The molecule has 2 N–H and O–H groups in total. The molecule has 3 heteroatoms. The summed E-state index contributed by atoms with van der Waals surface area (Å²) in [6.45, 7) is 6.00. The zero-order valence-electron chi connectivity index (χ0n) is 10.3. The highest BCUT2D eigenvalue weighted by Gasteiger charge is 2.05. The highest BCUT2D eigenvalue weighted by atomic mass is 16.5. The van der Waals surface area contributed by atoms with Crippen molar-refractivity contribution in [1.82, 2.24) is 4.98 Å². The van der Waals surface area contributed by atoms with Crippen LogP contribution in [-0.2, 0) is 0 Å². The third kappa shape index (κ3) is 2.38. The Bertz CT molecular complexity index is 550. The molecule has 0 radical (unpaired) electrons. The predicted octanol–water partition coefficient (Wildman–Crippen LogP) is 3.38. The molecule has 2 aromatic rings. The number of nitrogen functional groups attached to an aromatic ring is 1. The lowest BCUT2D eigenvalue weighted by Crippen LogP contribution is -1.97. The average Bonchev–Trinajstić information content (AvgIpc) is 2.30. The molecule has 0 aliphatic carbocycles. The lowest BCUT2D eigenvalue weighted by molar-refractivity contribution is 0.483. The van der Waals surface area contributed by atoms with Crippen molar-refractivity contribution < 1.29 is 4.74 Å². The van der Waals surface area contributed by atoms with E-state index in [0.717, 1.165) is 11.4 Å². The van der Waals surface area contributed by atoms with Gasteiger partial charge in [-0.25, -0.2) is 0 Å². The highest BCUT2D eigenvalue weighted by Crippen LogP contribution is 2.29. The Morgan fingerprint density at radius 2 is 1.82 bits per heavy atom. The van der Waals surface area contributed by atoms with Gasteiger partial charge in [-0.15, -0.1) is 0 Å². The molecule has 0 spiro atoms. The second-order valence-corrected chi connectivity index (χ2v) is 4.16. The van der Waals surface area contributed by atoms with Crippen molar-refractivity contribution in [1.29, 1.82) is 0 Å². The van der Waals surface area contributed by atoms with Crippen LogP contribution >= 0.6 is 0 Å². The number of nitrogens with two attached hydrogens (primary N) is 1. The zero-order valence-corrected chi connectivity index (χ0v) is 10.3. The van der Waals surface area contributed by atoms with Crippen LogP contribution in [0.25, 0.3) is 0 Å². The van der Waals surface area contributed by atoms with Crippen molar-refractivity contribution in [3.05, 3.63) is 47.3 Å². The molecule has 0 bridgehead atoms. The Morgan fingerprint density at radius 3 is 2.53 bits per heavy atom. The zero-order chi connectivity index (χ0) is 12.4. The van der Waals surface area contributed by atoms with Crippen LogP contribution in [0.15, 0.2) is 30.5 Å². The Hall–Kier alpha value is -2.03. The van der Waals surface area contributed by atoms with Gasteiger partial charge in [0.2, 0.25) is 0 Å². The van der Waals surface area contributed by atoms with E-state index in [1.807, 2.05) is 25.1 Å². The Morgan fingerprint density at radius 1 is 1.06 bits per heavy atom. The number of anilines is 1. The van der Waals surface area contributed by atoms with E-state index < -0.39 is 0 Å². The fourth-order valence-electron chi connectivity index (χ4n) is 1.55. The molecular formula is C14H16N2O. The van der Waals surface area contributed by atoms with Gasteiger partial charge in [-0.3, -0.25) is 4.98 Å². The third-order valence-corrected chi connectivity index (χ3v) is 2.86. The van der Waals surface area contributed by atoms with Gasteiger partial charge in [-0.2, -0.15) is 0 Å². The van der Waals surface area contributed by atoms with Crippen molar-refractivity contribution in [2.24, 2.45) is 0 Å². The number of hydrogen-bond acceptors (Lipinski definition) is 3. The first-order chi connectivity index (χ1) is 8.08. The molecule has 0 atom stereocenters. The fraction of sp³-hybridized carbons (Fsp3) is 0.214. The number of ether oxygens (including phenoxy) is 1. The maximum Gasteiger partial charge on any atom is 0.153 e. The molecular weight excluding hydrogens is 212 g/mol. The molecule has 0 unspecified atom stereocenters. The molecule has 17 heavy (non-hydrogen) atoms. The summed E-state index contributed by atoms with van der Waals surface area (Å²) < 4.78 is 5.76. The molecule has 0 saturated heterocycles. The van der Waals surface area contributed by atoms with Crippen molar-refractivity contribution in [3.8, 4) is 11.5 Å². The largest absolute Gasteiger partial charge is 0.455 e. The molecule has 3 nitrogen and oxygen atoms in total. The lowest BCUT2D eigenvalue weighted by atomic mass is 10.1. The number of aromatic nitrogens is 1. The first-order valence-electron chi connectivity index (χ1n) is 5.54. The first-order valence-corrected chi connectivity index (χ1v) is 5.54. The minimum Gasteiger partial charge on any atom is -0.455 e. The molecule has 88 valence electrons. The van der Waals surface area contributed by atoms with Gasteiger partial charge < -0.3 is 10.5 Å². The number of hydrogen-bond donors (Lipinski definition) is 1. The van der Waals surface area contributed by atoms with E-state index in [4.69, 9.17) is 10.5 Å². The third-order valence-electron chi connectivity index (χ3n) is 2.86.